The Kier molecular flexibility index (Phi) is 6.18. The minimum atomic E-state index is -0.00473. The number of aliphatic hydroxyl groups excluding tert-OH is 1. The van der Waals surface area contributed by atoms with Gasteiger partial charge in [0.15, 0.2) is 0 Å². The fraction of sp³-hybridized carbons (Fsp3) is 0.765. The maximum Gasteiger partial charge on any atom is 0.239 e. The van der Waals surface area contributed by atoms with Crippen molar-refractivity contribution in [3.63, 3.8) is 0 Å². The molecule has 1 aromatic rings. The van der Waals surface area contributed by atoms with Crippen molar-refractivity contribution in [1.82, 2.24) is 19.6 Å². The van der Waals surface area contributed by atoms with Gasteiger partial charge in [0.25, 0.3) is 0 Å². The van der Waals surface area contributed by atoms with Crippen LogP contribution in [0.25, 0.3) is 0 Å². The van der Waals surface area contributed by atoms with Crippen molar-refractivity contribution < 1.29 is 9.90 Å². The number of nitrogens with zero attached hydrogens (tertiary/aromatic N) is 4. The second-order valence-electron chi connectivity index (χ2n) is 6.24. The lowest BCUT2D eigenvalue weighted by molar-refractivity contribution is -0.135. The molecule has 1 aliphatic heterocycles. The fourth-order valence-corrected chi connectivity index (χ4v) is 3.52. The van der Waals surface area contributed by atoms with E-state index in [1.54, 1.807) is 0 Å². The van der Waals surface area contributed by atoms with E-state index in [-0.39, 0.29) is 18.6 Å². The van der Waals surface area contributed by atoms with Gasteiger partial charge in [-0.2, -0.15) is 5.10 Å². The van der Waals surface area contributed by atoms with Gasteiger partial charge in [-0.25, -0.2) is 0 Å². The molecule has 1 aliphatic rings. The summed E-state index contributed by atoms with van der Waals surface area (Å²) in [5.74, 6) is 0.255. The average Bonchev–Trinajstić information content (AvgIpc) is 3.09. The summed E-state index contributed by atoms with van der Waals surface area (Å²) in [5, 5.41) is 13.7. The third-order valence-electron chi connectivity index (χ3n) is 4.93. The van der Waals surface area contributed by atoms with Gasteiger partial charge < -0.3 is 10.0 Å². The predicted octanol–water partition coefficient (Wildman–Crippen LogP) is 1.33. The number of hydrogen-bond acceptors (Lipinski definition) is 4. The normalized spacial score (nSPS) is 18.6. The molecule has 0 aromatic carbocycles. The van der Waals surface area contributed by atoms with Crippen molar-refractivity contribution in [2.24, 2.45) is 0 Å². The van der Waals surface area contributed by atoms with E-state index in [1.807, 2.05) is 37.3 Å². The Morgan fingerprint density at radius 1 is 1.35 bits per heavy atom. The Morgan fingerprint density at radius 2 is 2.04 bits per heavy atom. The maximum absolute atomic E-state index is 12.7. The Hall–Kier alpha value is -1.40. The molecule has 0 bridgehead atoms. The van der Waals surface area contributed by atoms with Gasteiger partial charge in [0.05, 0.1) is 24.9 Å². The van der Waals surface area contributed by atoms with Crippen molar-refractivity contribution in [2.45, 2.75) is 59.7 Å². The highest BCUT2D eigenvalue weighted by Crippen LogP contribution is 2.24. The van der Waals surface area contributed by atoms with Crippen molar-refractivity contribution in [3.8, 4) is 0 Å². The zero-order valence-corrected chi connectivity index (χ0v) is 14.9. The Bertz CT molecular complexity index is 537. The van der Waals surface area contributed by atoms with Gasteiger partial charge in [0.2, 0.25) is 5.91 Å². The number of hydrogen-bond donors (Lipinski definition) is 1. The average molecular weight is 322 g/mol. The topological polar surface area (TPSA) is 61.6 Å². The summed E-state index contributed by atoms with van der Waals surface area (Å²) < 4.78 is 1.86. The number of likely N-dealkylation sites (tertiary alicyclic amines) is 1. The standard InChI is InChI=1S/C17H30N4O2/c1-5-19(6-2)17(23)16-8-7-9-20(16)12-15-13(3)18-21(10-11-22)14(15)4/h16,22H,5-12H2,1-4H3. The second-order valence-corrected chi connectivity index (χ2v) is 6.24. The quantitative estimate of drug-likeness (QED) is 0.822. The third-order valence-corrected chi connectivity index (χ3v) is 4.93. The molecule has 0 saturated carbocycles. The summed E-state index contributed by atoms with van der Waals surface area (Å²) in [5.41, 5.74) is 3.28. The summed E-state index contributed by atoms with van der Waals surface area (Å²) in [6.45, 7) is 12.0. The number of aromatic nitrogens is 2. The summed E-state index contributed by atoms with van der Waals surface area (Å²) in [7, 11) is 0. The zero-order chi connectivity index (χ0) is 17.0. The lowest BCUT2D eigenvalue weighted by Crippen LogP contribution is -2.45. The molecular weight excluding hydrogens is 292 g/mol. The van der Waals surface area contributed by atoms with Gasteiger partial charge in [-0.05, 0) is 47.1 Å². The van der Waals surface area contributed by atoms with Gasteiger partial charge in [-0.1, -0.05) is 0 Å². The molecule has 1 saturated heterocycles. The van der Waals surface area contributed by atoms with Gasteiger partial charge >= 0.3 is 0 Å². The van der Waals surface area contributed by atoms with Crippen LogP contribution in [0, 0.1) is 13.8 Å². The SMILES string of the molecule is CCN(CC)C(=O)C1CCCN1Cc1c(C)nn(CCO)c1C. The fourth-order valence-electron chi connectivity index (χ4n) is 3.52. The number of carbonyl (C=O) groups excluding carboxylic acids is 1. The molecule has 1 amide bonds. The minimum absolute atomic E-state index is 0.00473. The van der Waals surface area contributed by atoms with Crippen LogP contribution in [0.1, 0.15) is 43.6 Å². The first kappa shape index (κ1) is 17.9. The van der Waals surface area contributed by atoms with E-state index in [0.29, 0.717) is 6.54 Å². The van der Waals surface area contributed by atoms with Crippen molar-refractivity contribution in [2.75, 3.05) is 26.2 Å². The van der Waals surface area contributed by atoms with Crippen molar-refractivity contribution in [3.05, 3.63) is 17.0 Å². The summed E-state index contributed by atoms with van der Waals surface area (Å²) in [6.07, 6.45) is 2.01. The van der Waals surface area contributed by atoms with Gasteiger partial charge in [0.1, 0.15) is 0 Å². The third kappa shape index (κ3) is 3.75. The smallest absolute Gasteiger partial charge is 0.239 e. The minimum Gasteiger partial charge on any atom is -0.394 e. The number of amides is 1. The molecule has 23 heavy (non-hydrogen) atoms. The number of likely N-dealkylation sites (N-methyl/N-ethyl adjacent to an activating group) is 1. The maximum atomic E-state index is 12.7. The molecule has 1 atom stereocenters. The second kappa shape index (κ2) is 7.93. The number of carbonyl (C=O) groups is 1. The number of aryl methyl sites for hydroxylation is 1. The monoisotopic (exact) mass is 322 g/mol. The molecule has 1 unspecified atom stereocenters. The van der Waals surface area contributed by atoms with E-state index >= 15 is 0 Å². The van der Waals surface area contributed by atoms with Crippen LogP contribution in [0.2, 0.25) is 0 Å². The molecule has 0 radical (unpaired) electrons. The largest absolute Gasteiger partial charge is 0.394 e. The van der Waals surface area contributed by atoms with Gasteiger partial charge in [0, 0.05) is 30.9 Å². The van der Waals surface area contributed by atoms with Gasteiger partial charge in [-0.15, -0.1) is 0 Å². The van der Waals surface area contributed by atoms with Crippen LogP contribution < -0.4 is 0 Å². The predicted molar refractivity (Wildman–Crippen MR) is 90.1 cm³/mol. The van der Waals surface area contributed by atoms with Crippen LogP contribution >= 0.6 is 0 Å². The van der Waals surface area contributed by atoms with E-state index in [4.69, 9.17) is 5.11 Å². The Morgan fingerprint density at radius 3 is 2.65 bits per heavy atom. The molecule has 130 valence electrons. The van der Waals surface area contributed by atoms with E-state index in [0.717, 1.165) is 50.4 Å². The number of aliphatic hydroxyl groups is 1. The van der Waals surface area contributed by atoms with Crippen LogP contribution in [0.15, 0.2) is 0 Å². The van der Waals surface area contributed by atoms with E-state index < -0.39 is 0 Å². The van der Waals surface area contributed by atoms with Crippen LogP contribution in [0.3, 0.4) is 0 Å². The first-order valence-electron chi connectivity index (χ1n) is 8.70. The van der Waals surface area contributed by atoms with E-state index in [1.165, 1.54) is 5.56 Å². The molecular formula is C17H30N4O2. The van der Waals surface area contributed by atoms with E-state index in [9.17, 15) is 4.79 Å². The lowest BCUT2D eigenvalue weighted by Gasteiger charge is -2.29. The highest BCUT2D eigenvalue weighted by Gasteiger charge is 2.33. The van der Waals surface area contributed by atoms with Crippen LogP contribution in [0.4, 0.5) is 0 Å². The first-order valence-corrected chi connectivity index (χ1v) is 8.70. The van der Waals surface area contributed by atoms with Gasteiger partial charge in [-0.3, -0.25) is 14.4 Å². The van der Waals surface area contributed by atoms with Crippen LogP contribution in [-0.2, 0) is 17.9 Å². The van der Waals surface area contributed by atoms with Crippen LogP contribution in [-0.4, -0.2) is 62.9 Å². The highest BCUT2D eigenvalue weighted by molar-refractivity contribution is 5.82. The molecule has 6 nitrogen and oxygen atoms in total. The summed E-state index contributed by atoms with van der Waals surface area (Å²) >= 11 is 0. The Balaban J connectivity index is 2.14. The van der Waals surface area contributed by atoms with Crippen molar-refractivity contribution >= 4 is 5.91 Å². The molecule has 2 heterocycles. The molecule has 1 aromatic heterocycles. The molecule has 6 heteroatoms. The molecule has 1 N–H and O–H groups in total. The first-order chi connectivity index (χ1) is 11.0. The highest BCUT2D eigenvalue weighted by atomic mass is 16.3. The molecule has 0 spiro atoms. The Labute approximate surface area is 139 Å². The number of rotatable bonds is 7. The summed E-state index contributed by atoms with van der Waals surface area (Å²) in [4.78, 5) is 16.9. The zero-order valence-electron chi connectivity index (χ0n) is 14.9. The van der Waals surface area contributed by atoms with Crippen molar-refractivity contribution in [1.29, 1.82) is 0 Å². The lowest BCUT2D eigenvalue weighted by atomic mass is 10.1. The molecule has 2 rings (SSSR count). The summed E-state index contributed by atoms with van der Waals surface area (Å²) in [6, 6.07) is -0.00473. The van der Waals surface area contributed by atoms with E-state index in [2.05, 4.69) is 10.00 Å². The molecule has 0 aliphatic carbocycles. The molecule has 1 fully saturated rings. The van der Waals surface area contributed by atoms with Crippen LogP contribution in [0.5, 0.6) is 0 Å².